The highest BCUT2D eigenvalue weighted by Crippen LogP contribution is 2.12. The Morgan fingerprint density at radius 2 is 0.694 bits per heavy atom. The Kier molecular flexibility index (Phi) is 38.2. The van der Waals surface area contributed by atoms with Gasteiger partial charge in [0.2, 0.25) is 0 Å². The lowest BCUT2D eigenvalue weighted by molar-refractivity contribution is -0.138. The van der Waals surface area contributed by atoms with Gasteiger partial charge in [-0.1, -0.05) is 78.6 Å². The van der Waals surface area contributed by atoms with Gasteiger partial charge in [-0.2, -0.15) is 0 Å². The third-order valence-electron chi connectivity index (χ3n) is 5.07. The molecule has 0 unspecified atom stereocenters. The lowest BCUT2D eigenvalue weighted by atomic mass is 9.93. The highest BCUT2D eigenvalue weighted by molar-refractivity contribution is 5.67. The molecule has 0 aromatic carbocycles. The molecule has 0 saturated carbocycles. The summed E-state index contributed by atoms with van der Waals surface area (Å²) in [7, 11) is 0. The normalized spacial score (nSPS) is 10.1. The number of unbranched alkanes of at least 4 members (excludes halogenated alkanes) is 9. The van der Waals surface area contributed by atoms with Crippen LogP contribution in [-0.2, 0) is 14.4 Å². The van der Waals surface area contributed by atoms with Crippen LogP contribution in [-0.4, -0.2) is 80.1 Å². The molecule has 0 atom stereocenters. The first-order valence-electron chi connectivity index (χ1n) is 13.1. The van der Waals surface area contributed by atoms with Crippen molar-refractivity contribution < 1.29 is 50.1 Å². The van der Waals surface area contributed by atoms with Crippen molar-refractivity contribution in [3.05, 3.63) is 0 Å². The van der Waals surface area contributed by atoms with Gasteiger partial charge in [0, 0.05) is 19.3 Å². The van der Waals surface area contributed by atoms with E-state index in [2.05, 4.69) is 13.8 Å². The first-order chi connectivity index (χ1) is 17.1. The summed E-state index contributed by atoms with van der Waals surface area (Å²) in [6, 6.07) is 0. The van der Waals surface area contributed by atoms with Gasteiger partial charge >= 0.3 is 17.9 Å². The summed E-state index contributed by atoms with van der Waals surface area (Å²) in [6.07, 6.45) is 13.9. The van der Waals surface area contributed by atoms with Crippen LogP contribution in [0.2, 0.25) is 0 Å². The number of carboxylic acid groups (broad SMARTS) is 3. The molecule has 0 amide bonds. The summed E-state index contributed by atoms with van der Waals surface area (Å²) in [4.78, 5) is 29.8. The van der Waals surface area contributed by atoms with Gasteiger partial charge in [0.05, 0.1) is 31.8 Å². The molecular weight excluding hydrogens is 472 g/mol. The minimum atomic E-state index is -1.11. The van der Waals surface area contributed by atoms with E-state index in [0.717, 1.165) is 44.9 Å². The summed E-state index contributed by atoms with van der Waals surface area (Å²) < 4.78 is 0. The average Bonchev–Trinajstić information content (AvgIpc) is 2.85. The van der Waals surface area contributed by atoms with Gasteiger partial charge in [-0.15, -0.1) is 0 Å². The van der Waals surface area contributed by atoms with Crippen LogP contribution in [0.3, 0.4) is 0 Å². The molecule has 36 heavy (non-hydrogen) atoms. The molecular formula is C26H54O10. The molecule has 10 heteroatoms. The van der Waals surface area contributed by atoms with Crippen molar-refractivity contribution in [1.29, 1.82) is 0 Å². The lowest BCUT2D eigenvalue weighted by Gasteiger charge is -2.23. The highest BCUT2D eigenvalue weighted by Gasteiger charge is 2.26. The van der Waals surface area contributed by atoms with E-state index in [-0.39, 0.29) is 0 Å². The van der Waals surface area contributed by atoms with E-state index >= 15 is 0 Å². The van der Waals surface area contributed by atoms with Crippen molar-refractivity contribution in [2.45, 2.75) is 117 Å². The van der Waals surface area contributed by atoms with Crippen LogP contribution in [0.15, 0.2) is 0 Å². The maximum Gasteiger partial charge on any atom is 0.303 e. The fourth-order valence-electron chi connectivity index (χ4n) is 2.39. The zero-order valence-electron chi connectivity index (χ0n) is 22.8. The van der Waals surface area contributed by atoms with Crippen LogP contribution >= 0.6 is 0 Å². The fourth-order valence-corrected chi connectivity index (χ4v) is 2.39. The highest BCUT2D eigenvalue weighted by atomic mass is 16.4. The van der Waals surface area contributed by atoms with Crippen molar-refractivity contribution in [3.8, 4) is 0 Å². The summed E-state index contributed by atoms with van der Waals surface area (Å²) in [5, 5.41) is 58.6. The van der Waals surface area contributed by atoms with E-state index in [9.17, 15) is 14.4 Å². The predicted octanol–water partition coefficient (Wildman–Crippen LogP) is 4.07. The SMILES string of the molecule is CCCCC(=O)O.CCCCCCC(=O)O.CCCCCCCCC(=O)O.OCC(CO)(CO)CO. The van der Waals surface area contributed by atoms with E-state index in [1.54, 1.807) is 0 Å². The lowest BCUT2D eigenvalue weighted by Crippen LogP contribution is -2.37. The van der Waals surface area contributed by atoms with Crippen LogP contribution < -0.4 is 0 Å². The Labute approximate surface area is 217 Å². The molecule has 0 aromatic heterocycles. The van der Waals surface area contributed by atoms with Crippen LogP contribution in [0, 0.1) is 5.41 Å². The van der Waals surface area contributed by atoms with Gasteiger partial charge in [0.1, 0.15) is 0 Å². The van der Waals surface area contributed by atoms with E-state index in [0.29, 0.717) is 19.3 Å². The van der Waals surface area contributed by atoms with E-state index in [1.807, 2.05) is 6.92 Å². The Hall–Kier alpha value is -1.75. The number of carbonyl (C=O) groups is 3. The second-order valence-corrected chi connectivity index (χ2v) is 8.75. The van der Waals surface area contributed by atoms with Gasteiger partial charge in [0.15, 0.2) is 0 Å². The monoisotopic (exact) mass is 526 g/mol. The van der Waals surface area contributed by atoms with Crippen molar-refractivity contribution in [2.24, 2.45) is 5.41 Å². The average molecular weight is 527 g/mol. The molecule has 0 radical (unpaired) electrons. The van der Waals surface area contributed by atoms with Crippen LogP contribution in [0.1, 0.15) is 117 Å². The molecule has 0 bridgehead atoms. The van der Waals surface area contributed by atoms with E-state index in [4.69, 9.17) is 35.7 Å². The zero-order valence-corrected chi connectivity index (χ0v) is 22.8. The number of aliphatic hydroxyl groups excluding tert-OH is 4. The maximum absolute atomic E-state index is 10.1. The smallest absolute Gasteiger partial charge is 0.303 e. The number of hydrogen-bond donors (Lipinski definition) is 7. The predicted molar refractivity (Wildman–Crippen MR) is 140 cm³/mol. The largest absolute Gasteiger partial charge is 0.481 e. The van der Waals surface area contributed by atoms with Crippen LogP contribution in [0.4, 0.5) is 0 Å². The first-order valence-corrected chi connectivity index (χ1v) is 13.1. The number of hydrogen-bond acceptors (Lipinski definition) is 7. The van der Waals surface area contributed by atoms with Crippen molar-refractivity contribution >= 4 is 17.9 Å². The van der Waals surface area contributed by atoms with E-state index < -0.39 is 49.8 Å². The first kappa shape index (κ1) is 41.4. The third kappa shape index (κ3) is 39.5. The van der Waals surface area contributed by atoms with E-state index in [1.165, 1.54) is 32.1 Å². The second-order valence-electron chi connectivity index (χ2n) is 8.75. The Morgan fingerprint density at radius 1 is 0.444 bits per heavy atom. The maximum atomic E-state index is 10.1. The molecule has 0 spiro atoms. The standard InChI is InChI=1S/C9H18O2.C7H14O2.C5H12O4.C5H10O2/c1-2-3-4-5-6-7-8-9(10)11;1-2-3-4-5-6-7(8)9;6-1-5(2-7,3-8)4-9;1-2-3-4-5(6)7/h2-8H2,1H3,(H,10,11);2-6H2,1H3,(H,8,9);6-9H,1-4H2;2-4H2,1H3,(H,6,7). The van der Waals surface area contributed by atoms with Crippen LogP contribution in [0.25, 0.3) is 0 Å². The zero-order chi connectivity index (χ0) is 28.7. The van der Waals surface area contributed by atoms with Gasteiger partial charge < -0.3 is 35.7 Å². The van der Waals surface area contributed by atoms with Crippen molar-refractivity contribution in [1.82, 2.24) is 0 Å². The molecule has 7 N–H and O–H groups in total. The number of carboxylic acids is 3. The minimum Gasteiger partial charge on any atom is -0.481 e. The van der Waals surface area contributed by atoms with Gasteiger partial charge in [0.25, 0.3) is 0 Å². The van der Waals surface area contributed by atoms with Gasteiger partial charge in [-0.25, -0.2) is 0 Å². The Bertz CT molecular complexity index is 462. The molecule has 0 fully saturated rings. The summed E-state index contributed by atoms with van der Waals surface area (Å²) >= 11 is 0. The number of rotatable bonds is 19. The molecule has 0 aliphatic carbocycles. The number of aliphatic hydroxyl groups is 4. The fraction of sp³-hybridized carbons (Fsp3) is 0.885. The molecule has 0 aromatic rings. The van der Waals surface area contributed by atoms with Crippen LogP contribution in [0.5, 0.6) is 0 Å². The molecule has 218 valence electrons. The number of aliphatic carboxylic acids is 3. The molecule has 0 rings (SSSR count). The van der Waals surface area contributed by atoms with Gasteiger partial charge in [-0.05, 0) is 19.3 Å². The molecule has 0 aliphatic rings. The Balaban J connectivity index is -0.000000192. The summed E-state index contributed by atoms with van der Waals surface area (Å²) in [5.74, 6) is -2.03. The van der Waals surface area contributed by atoms with Crippen molar-refractivity contribution in [3.63, 3.8) is 0 Å². The summed E-state index contributed by atoms with van der Waals surface area (Å²) in [5.41, 5.74) is -1.11. The molecule has 0 heterocycles. The van der Waals surface area contributed by atoms with Crippen molar-refractivity contribution in [2.75, 3.05) is 26.4 Å². The molecule has 0 saturated heterocycles. The molecule has 10 nitrogen and oxygen atoms in total. The quantitative estimate of drug-likeness (QED) is 0.121. The minimum absolute atomic E-state index is 0.316. The topological polar surface area (TPSA) is 193 Å². The van der Waals surface area contributed by atoms with Gasteiger partial charge in [-0.3, -0.25) is 14.4 Å². The second kappa shape index (κ2) is 33.2. The summed E-state index contributed by atoms with van der Waals surface area (Å²) in [6.45, 7) is 4.64. The Morgan fingerprint density at radius 3 is 0.917 bits per heavy atom. The molecule has 0 aliphatic heterocycles. The third-order valence-corrected chi connectivity index (χ3v) is 5.07.